The Labute approximate surface area is 125 Å². The van der Waals surface area contributed by atoms with E-state index in [9.17, 15) is 28.7 Å². The Balaban J connectivity index is 2.26. The second kappa shape index (κ2) is 5.00. The topological polar surface area (TPSA) is 115 Å². The van der Waals surface area contributed by atoms with Crippen molar-refractivity contribution in [3.05, 3.63) is 48.5 Å². The van der Waals surface area contributed by atoms with Gasteiger partial charge in [-0.05, 0) is 57.9 Å². The molecule has 0 spiro atoms. The minimum Gasteiger partial charge on any atom is -0.321 e. The van der Waals surface area contributed by atoms with E-state index in [1.165, 1.54) is 24.3 Å². The zero-order chi connectivity index (χ0) is 16.1. The lowest BCUT2D eigenvalue weighted by Gasteiger charge is -2.09. The van der Waals surface area contributed by atoms with E-state index in [0.717, 1.165) is 10.8 Å². The van der Waals surface area contributed by atoms with Gasteiger partial charge >= 0.3 is 15.2 Å². The number of fused-ring (bicyclic) bond motifs is 2. The Morgan fingerprint density at radius 1 is 0.545 bits per heavy atom. The number of hydrogen-bond acceptors (Lipinski definition) is 2. The van der Waals surface area contributed by atoms with Crippen molar-refractivity contribution in [3.8, 4) is 0 Å². The monoisotopic (exact) mass is 338 g/mol. The Morgan fingerprint density at radius 3 is 1.23 bits per heavy atom. The highest BCUT2D eigenvalue weighted by Gasteiger charge is 2.18. The Hall–Kier alpha value is -1.52. The summed E-state index contributed by atoms with van der Waals surface area (Å²) in [4.78, 5) is 36.8. The second-order valence-electron chi connectivity index (χ2n) is 5.00. The molecule has 0 radical (unpaired) electrons. The smallest absolute Gasteiger partial charge is 0.321 e. The summed E-state index contributed by atoms with van der Waals surface area (Å²) < 4.78 is 22.6. The maximum atomic E-state index is 11.3. The summed E-state index contributed by atoms with van der Waals surface area (Å²) in [6.45, 7) is 0. The van der Waals surface area contributed by atoms with Crippen LogP contribution in [0.25, 0.3) is 21.5 Å². The minimum absolute atomic E-state index is 0.0637. The molecule has 8 heteroatoms. The maximum absolute atomic E-state index is 11.3. The van der Waals surface area contributed by atoms with Gasteiger partial charge in [-0.1, -0.05) is 12.1 Å². The van der Waals surface area contributed by atoms with E-state index >= 15 is 0 Å². The molecule has 0 saturated heterocycles. The minimum atomic E-state index is -4.32. The third kappa shape index (κ3) is 2.85. The van der Waals surface area contributed by atoms with Gasteiger partial charge in [0, 0.05) is 0 Å². The average molecular weight is 338 g/mol. The predicted molar refractivity (Wildman–Crippen MR) is 84.8 cm³/mol. The first-order valence-corrected chi connectivity index (χ1v) is 9.47. The number of hydrogen-bond donors (Lipinski definition) is 4. The highest BCUT2D eigenvalue weighted by Crippen LogP contribution is 2.36. The molecule has 0 aromatic heterocycles. The summed E-state index contributed by atoms with van der Waals surface area (Å²) in [6.07, 6.45) is 0. The quantitative estimate of drug-likeness (QED) is 0.417. The standard InChI is InChI=1S/C14H12O6P2/c15-21(16,17)13-3-1-9-5-12-8-14(22(18,19)20)4-2-10(12)6-11(9)7-13/h1-8H,(H2,15,16,17)(H2,18,19,20). The zero-order valence-electron chi connectivity index (χ0n) is 11.1. The summed E-state index contributed by atoms with van der Waals surface area (Å²) >= 11 is 0. The lowest BCUT2D eigenvalue weighted by molar-refractivity contribution is 0.385. The molecule has 3 rings (SSSR count). The van der Waals surface area contributed by atoms with Gasteiger partial charge in [0.2, 0.25) is 0 Å². The SMILES string of the molecule is O=P(O)(O)c1ccc2cc3cc(P(=O)(O)O)ccc3cc2c1. The predicted octanol–water partition coefficient (Wildman–Crippen LogP) is 1.60. The van der Waals surface area contributed by atoms with Crippen molar-refractivity contribution >= 4 is 47.3 Å². The summed E-state index contributed by atoms with van der Waals surface area (Å²) in [5.41, 5.74) is 0. The van der Waals surface area contributed by atoms with Gasteiger partial charge in [-0.25, -0.2) is 0 Å². The summed E-state index contributed by atoms with van der Waals surface area (Å²) in [5, 5.41) is 2.63. The molecule has 0 atom stereocenters. The van der Waals surface area contributed by atoms with Gasteiger partial charge in [0.1, 0.15) is 0 Å². The molecular formula is C14H12O6P2. The van der Waals surface area contributed by atoms with Crippen LogP contribution in [0.4, 0.5) is 0 Å². The highest BCUT2D eigenvalue weighted by molar-refractivity contribution is 7.60. The van der Waals surface area contributed by atoms with E-state index in [-0.39, 0.29) is 10.6 Å². The molecule has 0 heterocycles. The van der Waals surface area contributed by atoms with Gasteiger partial charge in [0.25, 0.3) is 0 Å². The fraction of sp³-hybridized carbons (Fsp3) is 0. The fourth-order valence-electron chi connectivity index (χ4n) is 2.33. The third-order valence-electron chi connectivity index (χ3n) is 3.44. The van der Waals surface area contributed by atoms with Crippen molar-refractivity contribution in [1.29, 1.82) is 0 Å². The van der Waals surface area contributed by atoms with E-state index in [1.807, 2.05) is 0 Å². The summed E-state index contributed by atoms with van der Waals surface area (Å²) in [5.74, 6) is 0. The van der Waals surface area contributed by atoms with E-state index in [1.54, 1.807) is 24.3 Å². The Bertz CT molecular complexity index is 904. The molecule has 0 bridgehead atoms. The van der Waals surface area contributed by atoms with E-state index in [4.69, 9.17) is 0 Å². The Kier molecular flexibility index (Phi) is 3.49. The van der Waals surface area contributed by atoms with Crippen LogP contribution in [0.2, 0.25) is 0 Å². The van der Waals surface area contributed by atoms with Crippen LogP contribution in [-0.2, 0) is 9.13 Å². The number of rotatable bonds is 2. The normalized spacial score (nSPS) is 12.9. The summed E-state index contributed by atoms with van der Waals surface area (Å²) in [7, 11) is -8.63. The second-order valence-corrected chi connectivity index (χ2v) is 8.21. The van der Waals surface area contributed by atoms with E-state index in [2.05, 4.69) is 0 Å². The largest absolute Gasteiger partial charge is 0.356 e. The molecule has 0 saturated carbocycles. The van der Waals surface area contributed by atoms with Gasteiger partial charge in [0.15, 0.2) is 0 Å². The average Bonchev–Trinajstić information content (AvgIpc) is 2.41. The molecule has 6 nitrogen and oxygen atoms in total. The molecule has 0 aliphatic heterocycles. The molecular weight excluding hydrogens is 326 g/mol. The lowest BCUT2D eigenvalue weighted by Crippen LogP contribution is -2.04. The van der Waals surface area contributed by atoms with Gasteiger partial charge in [-0.3, -0.25) is 9.13 Å². The zero-order valence-corrected chi connectivity index (χ0v) is 12.9. The van der Waals surface area contributed by atoms with Gasteiger partial charge in [0.05, 0.1) is 10.6 Å². The van der Waals surface area contributed by atoms with Crippen LogP contribution in [0.15, 0.2) is 48.5 Å². The van der Waals surface area contributed by atoms with Crippen LogP contribution in [0, 0.1) is 0 Å². The van der Waals surface area contributed by atoms with E-state index in [0.29, 0.717) is 10.8 Å². The first kappa shape index (κ1) is 15.4. The molecule has 4 N–H and O–H groups in total. The van der Waals surface area contributed by atoms with Crippen molar-refractivity contribution < 1.29 is 28.7 Å². The van der Waals surface area contributed by atoms with Crippen LogP contribution in [0.3, 0.4) is 0 Å². The molecule has 3 aromatic rings. The van der Waals surface area contributed by atoms with Crippen LogP contribution >= 0.6 is 15.2 Å². The van der Waals surface area contributed by atoms with E-state index < -0.39 is 15.2 Å². The molecule has 0 amide bonds. The van der Waals surface area contributed by atoms with Gasteiger partial charge in [-0.15, -0.1) is 0 Å². The summed E-state index contributed by atoms with van der Waals surface area (Å²) in [6, 6.07) is 12.2. The molecule has 22 heavy (non-hydrogen) atoms. The molecule has 114 valence electrons. The van der Waals surface area contributed by atoms with Crippen molar-refractivity contribution in [2.24, 2.45) is 0 Å². The van der Waals surface area contributed by atoms with Crippen LogP contribution in [-0.4, -0.2) is 19.6 Å². The Morgan fingerprint density at radius 2 is 0.909 bits per heavy atom. The van der Waals surface area contributed by atoms with Crippen molar-refractivity contribution in [3.63, 3.8) is 0 Å². The van der Waals surface area contributed by atoms with Crippen molar-refractivity contribution in [2.75, 3.05) is 0 Å². The van der Waals surface area contributed by atoms with Crippen molar-refractivity contribution in [1.82, 2.24) is 0 Å². The highest BCUT2D eigenvalue weighted by atomic mass is 31.2. The lowest BCUT2D eigenvalue weighted by atomic mass is 10.0. The molecule has 0 unspecified atom stereocenters. The van der Waals surface area contributed by atoms with Gasteiger partial charge in [-0.2, -0.15) is 0 Å². The van der Waals surface area contributed by atoms with Crippen LogP contribution < -0.4 is 10.6 Å². The fourth-order valence-corrected chi connectivity index (χ4v) is 3.49. The molecule has 0 fully saturated rings. The first-order chi connectivity index (χ1) is 10.1. The molecule has 3 aromatic carbocycles. The maximum Gasteiger partial charge on any atom is 0.356 e. The number of benzene rings is 3. The van der Waals surface area contributed by atoms with Crippen LogP contribution in [0.1, 0.15) is 0 Å². The third-order valence-corrected chi connectivity index (χ3v) is 5.34. The first-order valence-electron chi connectivity index (χ1n) is 6.24. The molecule has 0 aliphatic rings. The van der Waals surface area contributed by atoms with Crippen LogP contribution in [0.5, 0.6) is 0 Å². The van der Waals surface area contributed by atoms with Gasteiger partial charge < -0.3 is 19.6 Å². The van der Waals surface area contributed by atoms with Crippen molar-refractivity contribution in [2.45, 2.75) is 0 Å². The molecule has 0 aliphatic carbocycles.